The molecule has 130 valence electrons. The van der Waals surface area contributed by atoms with Gasteiger partial charge in [-0.1, -0.05) is 36.8 Å². The van der Waals surface area contributed by atoms with Crippen LogP contribution in [0.2, 0.25) is 0 Å². The topological polar surface area (TPSA) is 66.1 Å². The Morgan fingerprint density at radius 2 is 1.92 bits per heavy atom. The second-order valence-electron chi connectivity index (χ2n) is 6.59. The second-order valence-corrected chi connectivity index (χ2v) is 8.48. The summed E-state index contributed by atoms with van der Waals surface area (Å²) < 4.78 is 27.7. The number of nitrogens with zero attached hydrogens (tertiary/aromatic N) is 2. The van der Waals surface area contributed by atoms with Crippen molar-refractivity contribution in [2.75, 3.05) is 6.54 Å². The van der Waals surface area contributed by atoms with Gasteiger partial charge < -0.3 is 4.98 Å². The highest BCUT2D eigenvalue weighted by Crippen LogP contribution is 2.28. The lowest BCUT2D eigenvalue weighted by Crippen LogP contribution is -2.41. The van der Waals surface area contributed by atoms with Crippen molar-refractivity contribution in [3.63, 3.8) is 0 Å². The highest BCUT2D eigenvalue weighted by molar-refractivity contribution is 7.89. The third kappa shape index (κ3) is 2.96. The summed E-state index contributed by atoms with van der Waals surface area (Å²) in [5, 5.41) is 0. The maximum absolute atomic E-state index is 13.0. The Balaban J connectivity index is 1.74. The lowest BCUT2D eigenvalue weighted by molar-refractivity contribution is 0.268. The first-order chi connectivity index (χ1) is 12.1. The summed E-state index contributed by atoms with van der Waals surface area (Å²) in [5.41, 5.74) is 2.49. The number of aromatic amines is 1. The fourth-order valence-corrected chi connectivity index (χ4v) is 5.17. The van der Waals surface area contributed by atoms with Crippen molar-refractivity contribution >= 4 is 21.1 Å². The van der Waals surface area contributed by atoms with Crippen LogP contribution in [0.4, 0.5) is 0 Å². The third-order valence-electron chi connectivity index (χ3n) is 4.85. The molecule has 1 aromatic heterocycles. The van der Waals surface area contributed by atoms with Crippen molar-refractivity contribution in [3.8, 4) is 11.4 Å². The molecule has 0 aliphatic carbocycles. The normalized spacial score (nSPS) is 19.3. The monoisotopic (exact) mass is 355 g/mol. The molecule has 1 aliphatic heterocycles. The summed E-state index contributed by atoms with van der Waals surface area (Å²) in [4.78, 5) is 8.14. The molecule has 25 heavy (non-hydrogen) atoms. The Kier molecular flexibility index (Phi) is 4.09. The van der Waals surface area contributed by atoms with Crippen LogP contribution in [0.25, 0.3) is 22.4 Å². The number of sulfonamides is 1. The van der Waals surface area contributed by atoms with Gasteiger partial charge in [-0.25, -0.2) is 13.4 Å². The van der Waals surface area contributed by atoms with E-state index in [4.69, 9.17) is 0 Å². The van der Waals surface area contributed by atoms with Gasteiger partial charge >= 0.3 is 0 Å². The highest BCUT2D eigenvalue weighted by atomic mass is 32.2. The molecule has 1 aliphatic rings. The maximum Gasteiger partial charge on any atom is 0.243 e. The number of fused-ring (bicyclic) bond motifs is 1. The van der Waals surface area contributed by atoms with Crippen molar-refractivity contribution in [1.29, 1.82) is 0 Å². The largest absolute Gasteiger partial charge is 0.338 e. The van der Waals surface area contributed by atoms with E-state index in [9.17, 15) is 8.42 Å². The molecule has 2 aromatic carbocycles. The zero-order chi connectivity index (χ0) is 17.4. The molecule has 0 bridgehead atoms. The number of nitrogens with one attached hydrogen (secondary N) is 1. The minimum atomic E-state index is -3.47. The number of hydrogen-bond acceptors (Lipinski definition) is 3. The van der Waals surface area contributed by atoms with Crippen LogP contribution >= 0.6 is 0 Å². The smallest absolute Gasteiger partial charge is 0.243 e. The summed E-state index contributed by atoms with van der Waals surface area (Å²) in [6.07, 6.45) is 2.94. The predicted octanol–water partition coefficient (Wildman–Crippen LogP) is 3.79. The average molecular weight is 355 g/mol. The molecule has 5 nitrogen and oxygen atoms in total. The Morgan fingerprint density at radius 1 is 1.12 bits per heavy atom. The van der Waals surface area contributed by atoms with E-state index < -0.39 is 10.0 Å². The van der Waals surface area contributed by atoms with Gasteiger partial charge in [0, 0.05) is 18.2 Å². The Bertz CT molecular complexity index is 996. The van der Waals surface area contributed by atoms with E-state index >= 15 is 0 Å². The summed E-state index contributed by atoms with van der Waals surface area (Å²) in [6, 6.07) is 15.0. The van der Waals surface area contributed by atoms with Gasteiger partial charge in [-0.05, 0) is 38.0 Å². The van der Waals surface area contributed by atoms with E-state index in [-0.39, 0.29) is 6.04 Å². The molecule has 1 atom stereocenters. The lowest BCUT2D eigenvalue weighted by Gasteiger charge is -2.32. The Hall–Kier alpha value is -2.18. The van der Waals surface area contributed by atoms with Gasteiger partial charge in [0.15, 0.2) is 0 Å². The predicted molar refractivity (Wildman–Crippen MR) is 98.7 cm³/mol. The summed E-state index contributed by atoms with van der Waals surface area (Å²) in [7, 11) is -3.47. The second kappa shape index (κ2) is 6.28. The van der Waals surface area contributed by atoms with Gasteiger partial charge in [0.05, 0.1) is 15.9 Å². The number of benzene rings is 2. The zero-order valence-electron chi connectivity index (χ0n) is 14.1. The Morgan fingerprint density at radius 3 is 2.68 bits per heavy atom. The SMILES string of the molecule is CC1CCCCN1S(=O)(=O)c1ccc2nc(-c3ccccc3)[nH]c2c1. The highest BCUT2D eigenvalue weighted by Gasteiger charge is 2.31. The lowest BCUT2D eigenvalue weighted by atomic mass is 10.1. The van der Waals surface area contributed by atoms with Gasteiger partial charge in [0.1, 0.15) is 5.82 Å². The molecule has 0 amide bonds. The zero-order valence-corrected chi connectivity index (χ0v) is 15.0. The van der Waals surface area contributed by atoms with Gasteiger partial charge in [-0.2, -0.15) is 4.31 Å². The molecule has 3 aromatic rings. The number of aromatic nitrogens is 2. The van der Waals surface area contributed by atoms with Crippen LogP contribution in [0, 0.1) is 0 Å². The molecular weight excluding hydrogens is 334 g/mol. The van der Waals surface area contributed by atoms with Crippen molar-refractivity contribution in [2.24, 2.45) is 0 Å². The standard InChI is InChI=1S/C19H21N3O2S/c1-14-7-5-6-12-22(14)25(23,24)16-10-11-17-18(13-16)21-19(20-17)15-8-3-2-4-9-15/h2-4,8-11,13-14H,5-7,12H2,1H3,(H,20,21). The number of piperidine rings is 1. The van der Waals surface area contributed by atoms with Crippen molar-refractivity contribution in [1.82, 2.24) is 14.3 Å². The fourth-order valence-electron chi connectivity index (χ4n) is 3.45. The number of rotatable bonds is 3. The van der Waals surface area contributed by atoms with Crippen LogP contribution in [0.3, 0.4) is 0 Å². The molecule has 0 saturated carbocycles. The van der Waals surface area contributed by atoms with Crippen molar-refractivity contribution in [3.05, 3.63) is 48.5 Å². The van der Waals surface area contributed by atoms with E-state index in [1.165, 1.54) is 0 Å². The van der Waals surface area contributed by atoms with E-state index in [2.05, 4.69) is 9.97 Å². The summed E-state index contributed by atoms with van der Waals surface area (Å²) >= 11 is 0. The molecule has 1 unspecified atom stereocenters. The molecular formula is C19H21N3O2S. The third-order valence-corrected chi connectivity index (χ3v) is 6.86. The van der Waals surface area contributed by atoms with Crippen LogP contribution < -0.4 is 0 Å². The first-order valence-electron chi connectivity index (χ1n) is 8.63. The molecule has 6 heteroatoms. The minimum absolute atomic E-state index is 0.0519. The van der Waals surface area contributed by atoms with Gasteiger partial charge in [0.2, 0.25) is 10.0 Å². The molecule has 1 saturated heterocycles. The minimum Gasteiger partial charge on any atom is -0.338 e. The van der Waals surface area contributed by atoms with Crippen molar-refractivity contribution in [2.45, 2.75) is 37.1 Å². The van der Waals surface area contributed by atoms with E-state index in [0.717, 1.165) is 41.7 Å². The van der Waals surface area contributed by atoms with Crippen LogP contribution in [0.1, 0.15) is 26.2 Å². The summed E-state index contributed by atoms with van der Waals surface area (Å²) in [5.74, 6) is 0.747. The maximum atomic E-state index is 13.0. The molecule has 0 spiro atoms. The van der Waals surface area contributed by atoms with Crippen molar-refractivity contribution < 1.29 is 8.42 Å². The van der Waals surface area contributed by atoms with E-state index in [1.807, 2.05) is 37.3 Å². The first kappa shape index (κ1) is 16.3. The van der Waals surface area contributed by atoms with Crippen LogP contribution in [-0.2, 0) is 10.0 Å². The molecule has 0 radical (unpaired) electrons. The Labute approximate surface area is 147 Å². The van der Waals surface area contributed by atoms with Gasteiger partial charge in [0.25, 0.3) is 0 Å². The van der Waals surface area contributed by atoms with Crippen LogP contribution in [0.5, 0.6) is 0 Å². The summed E-state index contributed by atoms with van der Waals surface area (Å²) in [6.45, 7) is 2.58. The number of imidazole rings is 1. The quantitative estimate of drug-likeness (QED) is 0.777. The van der Waals surface area contributed by atoms with Crippen LogP contribution in [-0.4, -0.2) is 35.3 Å². The number of H-pyrrole nitrogens is 1. The van der Waals surface area contributed by atoms with E-state index in [1.54, 1.807) is 22.5 Å². The fraction of sp³-hybridized carbons (Fsp3) is 0.316. The first-order valence-corrected chi connectivity index (χ1v) is 10.1. The van der Waals surface area contributed by atoms with Gasteiger partial charge in [-0.3, -0.25) is 0 Å². The van der Waals surface area contributed by atoms with E-state index in [0.29, 0.717) is 11.4 Å². The average Bonchev–Trinajstić information content (AvgIpc) is 3.06. The molecule has 1 N–H and O–H groups in total. The number of hydrogen-bond donors (Lipinski definition) is 1. The van der Waals surface area contributed by atoms with Gasteiger partial charge in [-0.15, -0.1) is 0 Å². The van der Waals surface area contributed by atoms with Crippen LogP contribution in [0.15, 0.2) is 53.4 Å². The molecule has 4 rings (SSSR count). The molecule has 1 fully saturated rings. The molecule has 2 heterocycles.